The van der Waals surface area contributed by atoms with Gasteiger partial charge in [0.05, 0.1) is 6.61 Å². The van der Waals surface area contributed by atoms with E-state index in [-0.39, 0.29) is 11.3 Å². The van der Waals surface area contributed by atoms with Crippen molar-refractivity contribution < 1.29 is 13.5 Å². The highest BCUT2D eigenvalue weighted by molar-refractivity contribution is 5.67. The summed E-state index contributed by atoms with van der Waals surface area (Å²) in [5.41, 5.74) is 1.95. The van der Waals surface area contributed by atoms with Crippen LogP contribution in [0.5, 0.6) is 5.75 Å². The SMILES string of the molecule is CCCCOc1ccc(-c2ccc(/C=C/C3C=CC(C)CC3)cc2)c(F)c1F. The Morgan fingerprint density at radius 1 is 1.00 bits per heavy atom. The van der Waals surface area contributed by atoms with Crippen molar-refractivity contribution in [3.63, 3.8) is 0 Å². The highest BCUT2D eigenvalue weighted by atomic mass is 19.2. The Balaban J connectivity index is 1.71. The van der Waals surface area contributed by atoms with Crippen LogP contribution in [0.4, 0.5) is 8.78 Å². The number of hydrogen-bond donors (Lipinski definition) is 0. The Hall–Kier alpha value is -2.42. The van der Waals surface area contributed by atoms with E-state index in [0.717, 1.165) is 18.4 Å². The first kappa shape index (κ1) is 20.3. The zero-order valence-electron chi connectivity index (χ0n) is 16.6. The van der Waals surface area contributed by atoms with Gasteiger partial charge < -0.3 is 4.74 Å². The van der Waals surface area contributed by atoms with E-state index in [2.05, 4.69) is 31.2 Å². The molecule has 1 aliphatic rings. The van der Waals surface area contributed by atoms with Gasteiger partial charge in [-0.1, -0.05) is 68.8 Å². The first-order valence-electron chi connectivity index (χ1n) is 10.2. The number of allylic oxidation sites excluding steroid dienone is 3. The number of ether oxygens (including phenoxy) is 1. The first-order chi connectivity index (χ1) is 13.6. The molecule has 0 bridgehead atoms. The number of rotatable bonds is 7. The van der Waals surface area contributed by atoms with Gasteiger partial charge in [-0.25, -0.2) is 4.39 Å². The van der Waals surface area contributed by atoms with Gasteiger partial charge in [0, 0.05) is 5.56 Å². The predicted octanol–water partition coefficient (Wildman–Crippen LogP) is 7.43. The maximum absolute atomic E-state index is 14.5. The average Bonchev–Trinajstić information content (AvgIpc) is 2.71. The molecular formula is C25H28F2O. The van der Waals surface area contributed by atoms with Gasteiger partial charge in [-0.3, -0.25) is 0 Å². The van der Waals surface area contributed by atoms with Crippen LogP contribution in [0.1, 0.15) is 45.1 Å². The molecule has 0 aromatic heterocycles. The second-order valence-electron chi connectivity index (χ2n) is 7.53. The van der Waals surface area contributed by atoms with Crippen molar-refractivity contribution >= 4 is 6.08 Å². The highest BCUT2D eigenvalue weighted by Gasteiger charge is 2.16. The number of benzene rings is 2. The standard InChI is InChI=1S/C25H28F2O/c1-3-4-17-28-23-16-15-22(24(26)25(23)27)21-13-11-20(12-14-21)10-9-19-7-5-18(2)6-8-19/h5,7,9-16,18-19H,3-4,6,8,17H2,1-2H3/b10-9+. The van der Waals surface area contributed by atoms with Gasteiger partial charge in [0.2, 0.25) is 5.82 Å². The molecule has 0 saturated heterocycles. The van der Waals surface area contributed by atoms with E-state index in [1.807, 2.05) is 31.2 Å². The van der Waals surface area contributed by atoms with Crippen LogP contribution >= 0.6 is 0 Å². The van der Waals surface area contributed by atoms with Gasteiger partial charge >= 0.3 is 0 Å². The summed E-state index contributed by atoms with van der Waals surface area (Å²) >= 11 is 0. The maximum atomic E-state index is 14.5. The van der Waals surface area contributed by atoms with E-state index in [1.165, 1.54) is 18.9 Å². The molecule has 3 heteroatoms. The van der Waals surface area contributed by atoms with E-state index in [1.54, 1.807) is 6.07 Å². The molecule has 1 nitrogen and oxygen atoms in total. The normalized spacial score (nSPS) is 19.3. The van der Waals surface area contributed by atoms with Crippen molar-refractivity contribution in [2.24, 2.45) is 11.8 Å². The Morgan fingerprint density at radius 2 is 1.79 bits per heavy atom. The molecule has 3 rings (SSSR count). The minimum absolute atomic E-state index is 0.0240. The summed E-state index contributed by atoms with van der Waals surface area (Å²) in [7, 11) is 0. The van der Waals surface area contributed by atoms with Crippen LogP contribution in [0.25, 0.3) is 17.2 Å². The molecule has 0 N–H and O–H groups in total. The zero-order valence-corrected chi connectivity index (χ0v) is 16.6. The Bertz CT molecular complexity index is 836. The van der Waals surface area contributed by atoms with E-state index in [4.69, 9.17) is 4.74 Å². The van der Waals surface area contributed by atoms with Crippen LogP contribution in [0.15, 0.2) is 54.6 Å². The molecule has 0 aliphatic heterocycles. The van der Waals surface area contributed by atoms with Crippen molar-refractivity contribution in [3.05, 3.63) is 71.8 Å². The Kier molecular flexibility index (Phi) is 7.02. The molecule has 0 heterocycles. The number of hydrogen-bond acceptors (Lipinski definition) is 1. The molecule has 0 radical (unpaired) electrons. The van der Waals surface area contributed by atoms with Crippen LogP contribution in [-0.2, 0) is 0 Å². The molecule has 1 aliphatic carbocycles. The second-order valence-corrected chi connectivity index (χ2v) is 7.53. The Morgan fingerprint density at radius 3 is 2.46 bits per heavy atom. The van der Waals surface area contributed by atoms with Crippen LogP contribution in [0, 0.1) is 23.5 Å². The van der Waals surface area contributed by atoms with Crippen LogP contribution < -0.4 is 4.74 Å². The summed E-state index contributed by atoms with van der Waals surface area (Å²) in [6, 6.07) is 10.6. The second kappa shape index (κ2) is 9.68. The third kappa shape index (κ3) is 5.09. The summed E-state index contributed by atoms with van der Waals surface area (Å²) in [4.78, 5) is 0. The summed E-state index contributed by atoms with van der Waals surface area (Å²) in [5, 5.41) is 0. The molecule has 2 aromatic rings. The monoisotopic (exact) mass is 382 g/mol. The zero-order chi connectivity index (χ0) is 19.9. The van der Waals surface area contributed by atoms with Crippen molar-refractivity contribution in [2.75, 3.05) is 6.61 Å². The lowest BCUT2D eigenvalue weighted by Crippen LogP contribution is -2.03. The number of unbranched alkanes of at least 4 members (excludes halogenated alkanes) is 1. The molecular weight excluding hydrogens is 354 g/mol. The third-order valence-electron chi connectivity index (χ3n) is 5.20. The fourth-order valence-electron chi connectivity index (χ4n) is 3.34. The molecule has 0 saturated carbocycles. The van der Waals surface area contributed by atoms with Crippen LogP contribution in [0.2, 0.25) is 0 Å². The number of halogens is 2. The maximum Gasteiger partial charge on any atom is 0.201 e. The summed E-state index contributed by atoms with van der Waals surface area (Å²) < 4.78 is 34.1. The van der Waals surface area contributed by atoms with Crippen molar-refractivity contribution in [1.29, 1.82) is 0 Å². The van der Waals surface area contributed by atoms with Crippen molar-refractivity contribution in [1.82, 2.24) is 0 Å². The minimum atomic E-state index is -0.920. The third-order valence-corrected chi connectivity index (χ3v) is 5.20. The average molecular weight is 382 g/mol. The first-order valence-corrected chi connectivity index (χ1v) is 10.2. The molecule has 0 fully saturated rings. The lowest BCUT2D eigenvalue weighted by Gasteiger charge is -2.17. The summed E-state index contributed by atoms with van der Waals surface area (Å²) in [6.45, 7) is 4.65. The molecule has 148 valence electrons. The summed E-state index contributed by atoms with van der Waals surface area (Å²) in [5.74, 6) is -0.663. The van der Waals surface area contributed by atoms with Crippen molar-refractivity contribution in [2.45, 2.75) is 39.5 Å². The molecule has 0 amide bonds. The van der Waals surface area contributed by atoms with E-state index in [9.17, 15) is 8.78 Å². The van der Waals surface area contributed by atoms with Gasteiger partial charge in [-0.2, -0.15) is 4.39 Å². The van der Waals surface area contributed by atoms with Crippen LogP contribution in [-0.4, -0.2) is 6.61 Å². The van der Waals surface area contributed by atoms with E-state index < -0.39 is 11.6 Å². The largest absolute Gasteiger partial charge is 0.490 e. The minimum Gasteiger partial charge on any atom is -0.490 e. The fourth-order valence-corrected chi connectivity index (χ4v) is 3.34. The Labute approximate surface area is 166 Å². The molecule has 2 unspecified atom stereocenters. The van der Waals surface area contributed by atoms with E-state index >= 15 is 0 Å². The molecule has 0 spiro atoms. The lowest BCUT2D eigenvalue weighted by molar-refractivity contribution is 0.289. The highest BCUT2D eigenvalue weighted by Crippen LogP contribution is 2.30. The topological polar surface area (TPSA) is 9.23 Å². The summed E-state index contributed by atoms with van der Waals surface area (Å²) in [6.07, 6.45) is 13.0. The predicted molar refractivity (Wildman–Crippen MR) is 112 cm³/mol. The van der Waals surface area contributed by atoms with Gasteiger partial charge in [-0.15, -0.1) is 0 Å². The van der Waals surface area contributed by atoms with Gasteiger partial charge in [0.15, 0.2) is 11.6 Å². The molecule has 2 aromatic carbocycles. The quantitative estimate of drug-likeness (QED) is 0.357. The van der Waals surface area contributed by atoms with Gasteiger partial charge in [0.1, 0.15) is 0 Å². The van der Waals surface area contributed by atoms with Crippen molar-refractivity contribution in [3.8, 4) is 16.9 Å². The van der Waals surface area contributed by atoms with E-state index in [0.29, 0.717) is 24.0 Å². The van der Waals surface area contributed by atoms with Gasteiger partial charge in [-0.05, 0) is 54.4 Å². The fraction of sp³-hybridized carbons (Fsp3) is 0.360. The van der Waals surface area contributed by atoms with Gasteiger partial charge in [0.25, 0.3) is 0 Å². The van der Waals surface area contributed by atoms with Crippen LogP contribution in [0.3, 0.4) is 0 Å². The smallest absolute Gasteiger partial charge is 0.201 e. The molecule has 28 heavy (non-hydrogen) atoms. The molecule has 2 atom stereocenters. The lowest BCUT2D eigenvalue weighted by atomic mass is 9.89.